The third-order valence-electron chi connectivity index (χ3n) is 2.91. The third-order valence-corrected chi connectivity index (χ3v) is 2.91. The van der Waals surface area contributed by atoms with E-state index in [0.29, 0.717) is 6.54 Å². The molecule has 0 aliphatic heterocycles. The van der Waals surface area contributed by atoms with Gasteiger partial charge in [0, 0.05) is 5.69 Å². The molecule has 2 rings (SSSR count). The van der Waals surface area contributed by atoms with Crippen molar-refractivity contribution in [2.24, 2.45) is 0 Å². The van der Waals surface area contributed by atoms with Gasteiger partial charge in [-0.1, -0.05) is 30.3 Å². The van der Waals surface area contributed by atoms with Crippen molar-refractivity contribution in [2.45, 2.75) is 27.3 Å². The Bertz CT molecular complexity index is 541. The average Bonchev–Trinajstić information content (AvgIpc) is 2.55. The van der Waals surface area contributed by atoms with Gasteiger partial charge in [0.15, 0.2) is 5.78 Å². The fourth-order valence-electron chi connectivity index (χ4n) is 2.12. The van der Waals surface area contributed by atoms with E-state index in [0.717, 1.165) is 17.0 Å². The van der Waals surface area contributed by atoms with E-state index in [9.17, 15) is 4.79 Å². The number of benzene rings is 1. The number of aromatic nitrogens is 2. The van der Waals surface area contributed by atoms with Crippen molar-refractivity contribution >= 4 is 5.78 Å². The summed E-state index contributed by atoms with van der Waals surface area (Å²) >= 11 is 0. The van der Waals surface area contributed by atoms with E-state index in [-0.39, 0.29) is 5.78 Å². The summed E-state index contributed by atoms with van der Waals surface area (Å²) in [4.78, 5) is 11.5. The molecule has 0 aliphatic rings. The molecule has 3 heteroatoms. The minimum absolute atomic E-state index is 0.0827. The summed E-state index contributed by atoms with van der Waals surface area (Å²) in [6.45, 7) is 6.12. The van der Waals surface area contributed by atoms with Gasteiger partial charge < -0.3 is 0 Å². The normalized spacial score (nSPS) is 10.5. The van der Waals surface area contributed by atoms with Crippen LogP contribution in [0, 0.1) is 13.8 Å². The van der Waals surface area contributed by atoms with E-state index < -0.39 is 0 Å². The zero-order chi connectivity index (χ0) is 12.4. The second-order valence-corrected chi connectivity index (χ2v) is 4.25. The average molecular weight is 228 g/mol. The highest BCUT2D eigenvalue weighted by Gasteiger charge is 2.14. The number of hydrogen-bond donors (Lipinski definition) is 0. The molecule has 0 amide bonds. The second-order valence-electron chi connectivity index (χ2n) is 4.25. The molecule has 3 nitrogen and oxygen atoms in total. The molecule has 0 saturated heterocycles. The standard InChI is InChI=1S/C14H16N2O/c1-10-14(12(3)17)11(2)16(15-10)9-13-7-5-4-6-8-13/h4-8H,9H2,1-3H3. The zero-order valence-corrected chi connectivity index (χ0v) is 10.4. The molecule has 2 aromatic rings. The molecule has 0 bridgehead atoms. The van der Waals surface area contributed by atoms with Crippen molar-refractivity contribution in [3.8, 4) is 0 Å². The summed E-state index contributed by atoms with van der Waals surface area (Å²) in [5, 5.41) is 4.42. The molecule has 88 valence electrons. The Hall–Kier alpha value is -1.90. The SMILES string of the molecule is CC(=O)c1c(C)nn(Cc2ccccc2)c1C. The van der Waals surface area contributed by atoms with Crippen LogP contribution in [0.2, 0.25) is 0 Å². The predicted molar refractivity (Wildman–Crippen MR) is 67.2 cm³/mol. The van der Waals surface area contributed by atoms with E-state index in [1.807, 2.05) is 36.7 Å². The molecule has 0 N–H and O–H groups in total. The highest BCUT2D eigenvalue weighted by atomic mass is 16.1. The number of rotatable bonds is 3. The minimum atomic E-state index is 0.0827. The first-order valence-electron chi connectivity index (χ1n) is 5.68. The summed E-state index contributed by atoms with van der Waals surface area (Å²) in [6, 6.07) is 10.1. The lowest BCUT2D eigenvalue weighted by Crippen LogP contribution is -2.04. The molecule has 1 heterocycles. The molecule has 0 atom stereocenters. The molecule has 0 saturated carbocycles. The summed E-state index contributed by atoms with van der Waals surface area (Å²) in [6.07, 6.45) is 0. The topological polar surface area (TPSA) is 34.9 Å². The number of carbonyl (C=O) groups excluding carboxylic acids is 1. The molecule has 17 heavy (non-hydrogen) atoms. The Morgan fingerprint density at radius 3 is 2.41 bits per heavy atom. The van der Waals surface area contributed by atoms with Gasteiger partial charge in [0.25, 0.3) is 0 Å². The Labute approximate surface area is 101 Å². The molecule has 1 aromatic heterocycles. The molecule has 0 unspecified atom stereocenters. The highest BCUT2D eigenvalue weighted by molar-refractivity contribution is 5.96. The lowest BCUT2D eigenvalue weighted by Gasteiger charge is -2.04. The van der Waals surface area contributed by atoms with Crippen LogP contribution in [-0.2, 0) is 6.54 Å². The van der Waals surface area contributed by atoms with Gasteiger partial charge in [-0.25, -0.2) is 0 Å². The first kappa shape index (κ1) is 11.6. The smallest absolute Gasteiger partial charge is 0.163 e. The quantitative estimate of drug-likeness (QED) is 0.757. The largest absolute Gasteiger partial charge is 0.294 e. The van der Waals surface area contributed by atoms with Crippen LogP contribution in [0.4, 0.5) is 0 Å². The number of carbonyl (C=O) groups is 1. The fourth-order valence-corrected chi connectivity index (χ4v) is 2.12. The van der Waals surface area contributed by atoms with Crippen molar-refractivity contribution in [3.63, 3.8) is 0 Å². The van der Waals surface area contributed by atoms with Crippen molar-refractivity contribution in [3.05, 3.63) is 52.8 Å². The molecule has 0 spiro atoms. The third kappa shape index (κ3) is 2.28. The molecule has 1 aromatic carbocycles. The van der Waals surface area contributed by atoms with Crippen LogP contribution in [0.5, 0.6) is 0 Å². The number of aryl methyl sites for hydroxylation is 1. The second kappa shape index (κ2) is 4.53. The predicted octanol–water partition coefficient (Wildman–Crippen LogP) is 2.75. The van der Waals surface area contributed by atoms with Crippen molar-refractivity contribution in [2.75, 3.05) is 0 Å². The lowest BCUT2D eigenvalue weighted by molar-refractivity contribution is 0.101. The first-order valence-corrected chi connectivity index (χ1v) is 5.68. The summed E-state index contributed by atoms with van der Waals surface area (Å²) in [5.74, 6) is 0.0827. The van der Waals surface area contributed by atoms with Crippen LogP contribution in [-0.4, -0.2) is 15.6 Å². The molecular weight excluding hydrogens is 212 g/mol. The van der Waals surface area contributed by atoms with E-state index in [1.54, 1.807) is 6.92 Å². The van der Waals surface area contributed by atoms with E-state index in [2.05, 4.69) is 17.2 Å². The molecule has 0 aliphatic carbocycles. The Kier molecular flexibility index (Phi) is 3.09. The van der Waals surface area contributed by atoms with Gasteiger partial charge in [-0.3, -0.25) is 9.48 Å². The van der Waals surface area contributed by atoms with Gasteiger partial charge in [0.05, 0.1) is 17.8 Å². The number of ketones is 1. The number of Topliss-reactive ketones (excluding diaryl/α,β-unsaturated/α-hetero) is 1. The Balaban J connectivity index is 2.35. The van der Waals surface area contributed by atoms with Gasteiger partial charge in [0.2, 0.25) is 0 Å². The molecular formula is C14H16N2O. The maximum atomic E-state index is 11.5. The minimum Gasteiger partial charge on any atom is -0.294 e. The molecule has 0 radical (unpaired) electrons. The van der Waals surface area contributed by atoms with Crippen LogP contribution in [0.25, 0.3) is 0 Å². The van der Waals surface area contributed by atoms with Gasteiger partial charge in [0.1, 0.15) is 0 Å². The van der Waals surface area contributed by atoms with E-state index in [4.69, 9.17) is 0 Å². The maximum absolute atomic E-state index is 11.5. The van der Waals surface area contributed by atoms with Crippen LogP contribution in [0.15, 0.2) is 30.3 Å². The monoisotopic (exact) mass is 228 g/mol. The highest BCUT2D eigenvalue weighted by Crippen LogP contribution is 2.15. The first-order chi connectivity index (χ1) is 8.09. The zero-order valence-electron chi connectivity index (χ0n) is 10.4. The van der Waals surface area contributed by atoms with Gasteiger partial charge >= 0.3 is 0 Å². The fraction of sp³-hybridized carbons (Fsp3) is 0.286. The Morgan fingerprint density at radius 2 is 1.88 bits per heavy atom. The van der Waals surface area contributed by atoms with Crippen LogP contribution < -0.4 is 0 Å². The van der Waals surface area contributed by atoms with Gasteiger partial charge in [-0.15, -0.1) is 0 Å². The van der Waals surface area contributed by atoms with Crippen LogP contribution in [0.3, 0.4) is 0 Å². The van der Waals surface area contributed by atoms with Gasteiger partial charge in [-0.2, -0.15) is 5.10 Å². The van der Waals surface area contributed by atoms with Crippen molar-refractivity contribution in [1.29, 1.82) is 0 Å². The molecule has 0 fully saturated rings. The summed E-state index contributed by atoms with van der Waals surface area (Å²) in [5.41, 5.74) is 3.69. The maximum Gasteiger partial charge on any atom is 0.163 e. The van der Waals surface area contributed by atoms with E-state index >= 15 is 0 Å². The van der Waals surface area contributed by atoms with Crippen molar-refractivity contribution < 1.29 is 4.79 Å². The van der Waals surface area contributed by atoms with Gasteiger partial charge in [-0.05, 0) is 26.3 Å². The van der Waals surface area contributed by atoms with E-state index in [1.165, 1.54) is 5.56 Å². The number of hydrogen-bond acceptors (Lipinski definition) is 2. The summed E-state index contributed by atoms with van der Waals surface area (Å²) in [7, 11) is 0. The lowest BCUT2D eigenvalue weighted by atomic mass is 10.1. The van der Waals surface area contributed by atoms with Crippen LogP contribution in [0.1, 0.15) is 34.2 Å². The van der Waals surface area contributed by atoms with Crippen molar-refractivity contribution in [1.82, 2.24) is 9.78 Å². The number of nitrogens with zero attached hydrogens (tertiary/aromatic N) is 2. The summed E-state index contributed by atoms with van der Waals surface area (Å²) < 4.78 is 1.89. The van der Waals surface area contributed by atoms with Crippen LogP contribution >= 0.6 is 0 Å². The Morgan fingerprint density at radius 1 is 1.24 bits per heavy atom.